The maximum Gasteiger partial charge on any atom is 1.00 e. The van der Waals surface area contributed by atoms with E-state index in [4.69, 9.17) is 13.0 Å². The minimum absolute atomic E-state index is 0. The van der Waals surface area contributed by atoms with Gasteiger partial charge in [0.15, 0.2) is 10.1 Å². The Hall–Kier alpha value is 0.0603. The van der Waals surface area contributed by atoms with Gasteiger partial charge in [0, 0.05) is 12.8 Å². The van der Waals surface area contributed by atoms with Gasteiger partial charge in [-0.15, -0.1) is 0 Å². The van der Waals surface area contributed by atoms with Crippen molar-refractivity contribution in [1.82, 2.24) is 3.93 Å². The molecule has 0 aliphatic carbocycles. The molecule has 0 bridgehead atoms. The number of imide groups is 1. The Balaban J connectivity index is 0. The second-order valence-corrected chi connectivity index (χ2v) is 4.55. The van der Waals surface area contributed by atoms with Crippen LogP contribution in [0, 0.1) is 0 Å². The van der Waals surface area contributed by atoms with Crippen molar-refractivity contribution in [3.8, 4) is 0 Å². The number of alkyl halides is 3. The van der Waals surface area contributed by atoms with Crippen molar-refractivity contribution in [2.45, 2.75) is 18.3 Å². The summed E-state index contributed by atoms with van der Waals surface area (Å²) in [5.41, 5.74) is -5.65. The average molecular weight is 435 g/mol. The third-order valence-electron chi connectivity index (χ3n) is 1.27. The van der Waals surface area contributed by atoms with Crippen LogP contribution in [0.5, 0.6) is 0 Å². The number of carbonyl (C=O) groups is 2. The predicted molar refractivity (Wildman–Crippen MR) is 45.8 cm³/mol. The van der Waals surface area contributed by atoms with Gasteiger partial charge in [-0.05, 0) is 0 Å². The molecule has 1 fully saturated rings. The normalized spacial score (nSPS) is 16.2. The fourth-order valence-electron chi connectivity index (χ4n) is 0.549. The summed E-state index contributed by atoms with van der Waals surface area (Å²) in [5.74, 6) is -0.287. The van der Waals surface area contributed by atoms with E-state index >= 15 is 0 Å². The van der Waals surface area contributed by atoms with Gasteiger partial charge in [0.1, 0.15) is 0 Å². The fourth-order valence-corrected chi connectivity index (χ4v) is 0.904. The molecule has 17 heavy (non-hydrogen) atoms. The molecule has 0 saturated carbocycles. The van der Waals surface area contributed by atoms with Gasteiger partial charge < -0.3 is 4.55 Å². The van der Waals surface area contributed by atoms with Gasteiger partial charge in [0.25, 0.3) is 0 Å². The molecular formula is C5H4AgBrF3NO5S. The number of nitrogens with zero attached hydrogens (tertiary/aromatic N) is 1. The molecule has 0 unspecified atom stereocenters. The molecule has 1 heterocycles. The second-order valence-electron chi connectivity index (χ2n) is 2.47. The zero-order valence-electron chi connectivity index (χ0n) is 7.62. The Morgan fingerprint density at radius 2 is 1.41 bits per heavy atom. The Morgan fingerprint density at radius 1 is 1.18 bits per heavy atom. The first-order chi connectivity index (χ1) is 6.97. The molecule has 104 valence electrons. The Bertz CT molecular complexity index is 381. The van der Waals surface area contributed by atoms with Crippen molar-refractivity contribution in [1.29, 1.82) is 0 Å². The zero-order chi connectivity index (χ0) is 13.1. The molecule has 0 atom stereocenters. The number of halogens is 4. The molecule has 0 N–H and O–H groups in total. The minimum Gasteiger partial charge on any atom is -0.741 e. The Kier molecular flexibility index (Phi) is 7.82. The van der Waals surface area contributed by atoms with Crippen LogP contribution in [0.4, 0.5) is 13.2 Å². The fraction of sp³-hybridized carbons (Fsp3) is 0.600. The summed E-state index contributed by atoms with van der Waals surface area (Å²) >= 11 is 2.80. The summed E-state index contributed by atoms with van der Waals surface area (Å²) in [6, 6.07) is 0. The molecule has 0 radical (unpaired) electrons. The van der Waals surface area contributed by atoms with Gasteiger partial charge in [-0.2, -0.15) is 13.2 Å². The molecule has 0 spiro atoms. The third-order valence-corrected chi connectivity index (χ3v) is 2.63. The summed E-state index contributed by atoms with van der Waals surface area (Å²) in [5, 5.41) is 0. The van der Waals surface area contributed by atoms with E-state index in [1.807, 2.05) is 0 Å². The zero-order valence-corrected chi connectivity index (χ0v) is 11.5. The molecule has 6 nitrogen and oxygen atoms in total. The number of amides is 2. The van der Waals surface area contributed by atoms with Crippen molar-refractivity contribution < 1.29 is 58.1 Å². The van der Waals surface area contributed by atoms with Crippen LogP contribution in [0.2, 0.25) is 0 Å². The molecule has 1 saturated heterocycles. The molecule has 12 heteroatoms. The quantitative estimate of drug-likeness (QED) is 0.182. The molecular weight excluding hydrogens is 431 g/mol. The average Bonchev–Trinajstić information content (AvgIpc) is 2.34. The SMILES string of the molecule is O=C1CCC(=O)N1Br.O=S(=O)([O-])C(F)(F)F.[Ag+]. The van der Waals surface area contributed by atoms with Crippen LogP contribution in [-0.2, 0) is 42.1 Å². The number of carbonyl (C=O) groups excluding carboxylic acids is 2. The summed E-state index contributed by atoms with van der Waals surface area (Å²) in [7, 11) is -6.09. The van der Waals surface area contributed by atoms with Crippen LogP contribution in [0.25, 0.3) is 0 Å². The Morgan fingerprint density at radius 3 is 1.47 bits per heavy atom. The van der Waals surface area contributed by atoms with Crippen molar-refractivity contribution >= 4 is 38.1 Å². The van der Waals surface area contributed by atoms with E-state index in [9.17, 15) is 22.8 Å². The van der Waals surface area contributed by atoms with Gasteiger partial charge in [0.05, 0.1) is 16.1 Å². The third kappa shape index (κ3) is 6.52. The predicted octanol–water partition coefficient (Wildman–Crippen LogP) is 0.494. The first-order valence-corrected chi connectivity index (χ1v) is 5.62. The molecule has 0 aromatic carbocycles. The second kappa shape index (κ2) is 6.85. The van der Waals surface area contributed by atoms with Crippen LogP contribution in [0.15, 0.2) is 0 Å². The molecule has 1 rings (SSSR count). The van der Waals surface area contributed by atoms with Crippen LogP contribution in [0.3, 0.4) is 0 Å². The maximum atomic E-state index is 10.7. The smallest absolute Gasteiger partial charge is 0.741 e. The van der Waals surface area contributed by atoms with Crippen LogP contribution in [-0.4, -0.2) is 34.2 Å². The van der Waals surface area contributed by atoms with E-state index in [2.05, 4.69) is 16.1 Å². The van der Waals surface area contributed by atoms with E-state index < -0.39 is 15.6 Å². The summed E-state index contributed by atoms with van der Waals surface area (Å²) in [6.45, 7) is 0. The summed E-state index contributed by atoms with van der Waals surface area (Å²) < 4.78 is 59.9. The van der Waals surface area contributed by atoms with Crippen molar-refractivity contribution in [3.05, 3.63) is 0 Å². The van der Waals surface area contributed by atoms with Crippen molar-refractivity contribution in [2.75, 3.05) is 0 Å². The van der Waals surface area contributed by atoms with Gasteiger partial charge in [-0.1, -0.05) is 0 Å². The van der Waals surface area contributed by atoms with Crippen LogP contribution >= 0.6 is 16.1 Å². The maximum absolute atomic E-state index is 10.7. The molecule has 0 aromatic rings. The molecule has 1 aliphatic rings. The van der Waals surface area contributed by atoms with Crippen molar-refractivity contribution in [2.24, 2.45) is 0 Å². The number of rotatable bonds is 0. The van der Waals surface area contributed by atoms with E-state index in [1.54, 1.807) is 0 Å². The van der Waals surface area contributed by atoms with Gasteiger partial charge >= 0.3 is 27.9 Å². The summed E-state index contributed by atoms with van der Waals surface area (Å²) in [6.07, 6.45) is 0.703. The van der Waals surface area contributed by atoms with E-state index in [0.717, 1.165) is 3.93 Å². The topological polar surface area (TPSA) is 94.6 Å². The van der Waals surface area contributed by atoms with Crippen LogP contribution in [0.1, 0.15) is 12.8 Å². The van der Waals surface area contributed by atoms with Crippen molar-refractivity contribution in [3.63, 3.8) is 0 Å². The van der Waals surface area contributed by atoms with E-state index in [0.29, 0.717) is 12.8 Å². The molecule has 2 amide bonds. The standard InChI is InChI=1S/C4H4BrNO2.CHF3O3S.Ag/c5-6-3(7)1-2-4(6)8;2-1(3,4)8(5,6)7;/h1-2H2;(H,5,6,7);/q;;+1/p-1. The van der Waals surface area contributed by atoms with Gasteiger partial charge in [-0.25, -0.2) is 12.3 Å². The van der Waals surface area contributed by atoms with Gasteiger partial charge in [-0.3, -0.25) is 9.59 Å². The Labute approximate surface area is 118 Å². The number of hydrogen-bond donors (Lipinski definition) is 0. The summed E-state index contributed by atoms with van der Waals surface area (Å²) in [4.78, 5) is 20.9. The van der Waals surface area contributed by atoms with Gasteiger partial charge in [0.2, 0.25) is 11.8 Å². The van der Waals surface area contributed by atoms with Crippen LogP contribution < -0.4 is 0 Å². The first kappa shape index (κ1) is 19.4. The monoisotopic (exact) mass is 433 g/mol. The van der Waals surface area contributed by atoms with E-state index in [1.165, 1.54) is 0 Å². The number of hydrogen-bond acceptors (Lipinski definition) is 5. The first-order valence-electron chi connectivity index (χ1n) is 3.50. The minimum atomic E-state index is -6.09. The van der Waals surface area contributed by atoms with E-state index in [-0.39, 0.29) is 34.2 Å². The largest absolute Gasteiger partial charge is 1.00 e. The molecule has 0 aromatic heterocycles. The molecule has 1 aliphatic heterocycles.